The molecule has 0 amide bonds. The maximum atomic E-state index is 6.11. The van der Waals surface area contributed by atoms with Crippen LogP contribution in [-0.2, 0) is 0 Å². The highest BCUT2D eigenvalue weighted by Gasteiger charge is 2.09. The zero-order valence-electron chi connectivity index (χ0n) is 12.4. The second-order valence-electron chi connectivity index (χ2n) is 5.14. The summed E-state index contributed by atoms with van der Waals surface area (Å²) >= 11 is 11.5. The Hall–Kier alpha value is -1.58. The van der Waals surface area contributed by atoms with Crippen molar-refractivity contribution in [2.75, 3.05) is 5.32 Å². The van der Waals surface area contributed by atoms with Crippen LogP contribution in [0.3, 0.4) is 0 Å². The van der Waals surface area contributed by atoms with E-state index in [0.717, 1.165) is 5.69 Å². The van der Waals surface area contributed by atoms with E-state index in [1.165, 1.54) is 16.7 Å². The Labute approximate surface area is 136 Å². The van der Waals surface area contributed by atoms with E-state index in [4.69, 9.17) is 23.8 Å². The van der Waals surface area contributed by atoms with Crippen molar-refractivity contribution in [2.45, 2.75) is 26.8 Å². The molecule has 2 aromatic rings. The van der Waals surface area contributed by atoms with Gasteiger partial charge in [-0.1, -0.05) is 41.9 Å². The fourth-order valence-corrected chi connectivity index (χ4v) is 2.50. The predicted molar refractivity (Wildman–Crippen MR) is 95.1 cm³/mol. The van der Waals surface area contributed by atoms with Gasteiger partial charge in [0.25, 0.3) is 0 Å². The molecule has 0 saturated heterocycles. The van der Waals surface area contributed by atoms with E-state index in [0.29, 0.717) is 10.1 Å². The summed E-state index contributed by atoms with van der Waals surface area (Å²) in [5, 5.41) is 7.62. The SMILES string of the molecule is Cc1ccc([C@@H](C)NC(=S)Nc2ccccc2Cl)cc1C. The highest BCUT2D eigenvalue weighted by molar-refractivity contribution is 7.80. The number of benzene rings is 2. The van der Waals surface area contributed by atoms with Crippen molar-refractivity contribution in [1.82, 2.24) is 5.32 Å². The average Bonchev–Trinajstić information content (AvgIpc) is 2.44. The van der Waals surface area contributed by atoms with Gasteiger partial charge in [0.2, 0.25) is 0 Å². The van der Waals surface area contributed by atoms with Gasteiger partial charge in [-0.2, -0.15) is 0 Å². The Morgan fingerprint density at radius 1 is 1.10 bits per heavy atom. The zero-order chi connectivity index (χ0) is 15.4. The molecule has 2 aromatic carbocycles. The summed E-state index contributed by atoms with van der Waals surface area (Å²) in [7, 11) is 0. The molecule has 0 fully saturated rings. The fraction of sp³-hybridized carbons (Fsp3) is 0.235. The number of rotatable bonds is 3. The fourth-order valence-electron chi connectivity index (χ4n) is 2.03. The van der Waals surface area contributed by atoms with Gasteiger partial charge in [0.1, 0.15) is 0 Å². The van der Waals surface area contributed by atoms with Gasteiger partial charge in [-0.05, 0) is 61.8 Å². The molecule has 4 heteroatoms. The van der Waals surface area contributed by atoms with Gasteiger partial charge in [0.05, 0.1) is 16.8 Å². The lowest BCUT2D eigenvalue weighted by Gasteiger charge is -2.18. The second-order valence-corrected chi connectivity index (χ2v) is 5.96. The lowest BCUT2D eigenvalue weighted by molar-refractivity contribution is 0.721. The number of nitrogens with one attached hydrogen (secondary N) is 2. The molecule has 0 aliphatic carbocycles. The monoisotopic (exact) mass is 318 g/mol. The lowest BCUT2D eigenvalue weighted by Crippen LogP contribution is -2.31. The van der Waals surface area contributed by atoms with Gasteiger partial charge in [-0.15, -0.1) is 0 Å². The van der Waals surface area contributed by atoms with E-state index in [2.05, 4.69) is 49.6 Å². The molecule has 0 saturated carbocycles. The molecule has 1 atom stereocenters. The number of anilines is 1. The smallest absolute Gasteiger partial charge is 0.171 e. The number of thiocarbonyl (C=S) groups is 1. The van der Waals surface area contributed by atoms with E-state index >= 15 is 0 Å². The van der Waals surface area contributed by atoms with E-state index < -0.39 is 0 Å². The van der Waals surface area contributed by atoms with Gasteiger partial charge in [-0.3, -0.25) is 0 Å². The first-order valence-corrected chi connectivity index (χ1v) is 7.65. The first-order chi connectivity index (χ1) is 9.97. The van der Waals surface area contributed by atoms with Gasteiger partial charge >= 0.3 is 0 Å². The zero-order valence-corrected chi connectivity index (χ0v) is 14.0. The Morgan fingerprint density at radius 3 is 2.48 bits per heavy atom. The summed E-state index contributed by atoms with van der Waals surface area (Å²) < 4.78 is 0. The van der Waals surface area contributed by atoms with Crippen molar-refractivity contribution >= 4 is 34.6 Å². The number of hydrogen-bond donors (Lipinski definition) is 2. The van der Waals surface area contributed by atoms with Crippen LogP contribution in [0.5, 0.6) is 0 Å². The van der Waals surface area contributed by atoms with E-state index in [-0.39, 0.29) is 6.04 Å². The minimum absolute atomic E-state index is 0.131. The Morgan fingerprint density at radius 2 is 1.81 bits per heavy atom. The minimum Gasteiger partial charge on any atom is -0.356 e. The third-order valence-corrected chi connectivity index (χ3v) is 4.05. The molecule has 0 bridgehead atoms. The van der Waals surface area contributed by atoms with Gasteiger partial charge in [-0.25, -0.2) is 0 Å². The standard InChI is InChI=1S/C17H19ClN2S/c1-11-8-9-14(10-12(11)2)13(3)19-17(21)20-16-7-5-4-6-15(16)18/h4-10,13H,1-3H3,(H2,19,20,21)/t13-/m1/s1. The van der Waals surface area contributed by atoms with E-state index in [9.17, 15) is 0 Å². The number of para-hydroxylation sites is 1. The lowest BCUT2D eigenvalue weighted by atomic mass is 10.0. The number of aryl methyl sites for hydroxylation is 2. The summed E-state index contributed by atoms with van der Waals surface area (Å²) in [6, 6.07) is 14.1. The minimum atomic E-state index is 0.131. The van der Waals surface area contributed by atoms with Crippen molar-refractivity contribution < 1.29 is 0 Å². The van der Waals surface area contributed by atoms with Crippen LogP contribution in [0.1, 0.15) is 29.7 Å². The predicted octanol–water partition coefficient (Wildman–Crippen LogP) is 5.00. The maximum Gasteiger partial charge on any atom is 0.171 e. The highest BCUT2D eigenvalue weighted by Crippen LogP contribution is 2.21. The molecule has 2 rings (SSSR count). The van der Waals surface area contributed by atoms with Crippen molar-refractivity contribution in [3.8, 4) is 0 Å². The largest absolute Gasteiger partial charge is 0.356 e. The molecule has 2 N–H and O–H groups in total. The third-order valence-electron chi connectivity index (χ3n) is 3.50. The Balaban J connectivity index is 2.02. The summed E-state index contributed by atoms with van der Waals surface area (Å²) in [6.45, 7) is 6.32. The van der Waals surface area contributed by atoms with Crippen LogP contribution in [0, 0.1) is 13.8 Å². The summed E-state index contributed by atoms with van der Waals surface area (Å²) in [5.41, 5.74) is 4.60. The van der Waals surface area contributed by atoms with Crippen LogP contribution in [0.25, 0.3) is 0 Å². The third kappa shape index (κ3) is 4.19. The normalized spacial score (nSPS) is 11.8. The molecule has 110 valence electrons. The molecule has 0 radical (unpaired) electrons. The van der Waals surface area contributed by atoms with Gasteiger partial charge in [0, 0.05) is 0 Å². The van der Waals surface area contributed by atoms with Crippen LogP contribution in [0.4, 0.5) is 5.69 Å². The molecule has 0 aliphatic rings. The molecular weight excluding hydrogens is 300 g/mol. The molecule has 0 aromatic heterocycles. The van der Waals surface area contributed by atoms with Crippen LogP contribution >= 0.6 is 23.8 Å². The first kappa shape index (κ1) is 15.8. The average molecular weight is 319 g/mol. The van der Waals surface area contributed by atoms with Crippen LogP contribution in [0.2, 0.25) is 5.02 Å². The van der Waals surface area contributed by atoms with Crippen LogP contribution in [-0.4, -0.2) is 5.11 Å². The Kier molecular flexibility index (Phi) is 5.21. The maximum absolute atomic E-state index is 6.11. The topological polar surface area (TPSA) is 24.1 Å². The first-order valence-electron chi connectivity index (χ1n) is 6.86. The molecule has 0 unspecified atom stereocenters. The summed E-state index contributed by atoms with van der Waals surface area (Å²) in [5.74, 6) is 0. The quantitative estimate of drug-likeness (QED) is 0.778. The summed E-state index contributed by atoms with van der Waals surface area (Å²) in [4.78, 5) is 0. The highest BCUT2D eigenvalue weighted by atomic mass is 35.5. The molecule has 21 heavy (non-hydrogen) atoms. The summed E-state index contributed by atoms with van der Waals surface area (Å²) in [6.07, 6.45) is 0. The molecular formula is C17H19ClN2S. The molecule has 0 heterocycles. The number of hydrogen-bond acceptors (Lipinski definition) is 1. The molecule has 0 aliphatic heterocycles. The van der Waals surface area contributed by atoms with Crippen LogP contribution in [0.15, 0.2) is 42.5 Å². The number of halogens is 1. The van der Waals surface area contributed by atoms with Crippen molar-refractivity contribution in [3.63, 3.8) is 0 Å². The van der Waals surface area contributed by atoms with Crippen molar-refractivity contribution in [3.05, 3.63) is 64.2 Å². The van der Waals surface area contributed by atoms with Gasteiger partial charge < -0.3 is 10.6 Å². The molecule has 2 nitrogen and oxygen atoms in total. The van der Waals surface area contributed by atoms with E-state index in [1.807, 2.05) is 24.3 Å². The van der Waals surface area contributed by atoms with Crippen molar-refractivity contribution in [1.29, 1.82) is 0 Å². The second kappa shape index (κ2) is 6.92. The van der Waals surface area contributed by atoms with Crippen molar-refractivity contribution in [2.24, 2.45) is 0 Å². The van der Waals surface area contributed by atoms with Crippen LogP contribution < -0.4 is 10.6 Å². The molecule has 0 spiro atoms. The van der Waals surface area contributed by atoms with E-state index in [1.54, 1.807) is 0 Å². The van der Waals surface area contributed by atoms with Gasteiger partial charge in [0.15, 0.2) is 5.11 Å². The Bertz CT molecular complexity index is 655.